The maximum atomic E-state index is 2.72. The van der Waals surface area contributed by atoms with Gasteiger partial charge in [0.15, 0.2) is 16.1 Å². The molecule has 2 aliphatic heterocycles. The first-order valence-corrected chi connectivity index (χ1v) is 44.9. The zero-order valence-corrected chi connectivity index (χ0v) is 67.9. The minimum atomic E-state index is -3.56. The maximum absolute atomic E-state index is 3.56. The van der Waals surface area contributed by atoms with Crippen LogP contribution in [0.25, 0.3) is 77.9 Å². The van der Waals surface area contributed by atoms with Gasteiger partial charge in [-0.3, -0.25) is 0 Å². The zero-order valence-electron chi connectivity index (χ0n) is 65.9. The lowest BCUT2D eigenvalue weighted by molar-refractivity contribution is 0.590. The van der Waals surface area contributed by atoms with E-state index in [4.69, 9.17) is 0 Å². The average molecular weight is 1530 g/mol. The summed E-state index contributed by atoms with van der Waals surface area (Å²) in [7, 11) is -7.12. The van der Waals surface area contributed by atoms with E-state index in [-0.39, 0.29) is 12.1 Å². The Morgan fingerprint density at radius 1 is 0.188 bits per heavy atom. The zero-order chi connectivity index (χ0) is 78.4. The molecule has 554 valence electrons. The summed E-state index contributed by atoms with van der Waals surface area (Å²) >= 11 is 0. The molecule has 18 aromatic carbocycles. The Hall–Kier alpha value is -13.9. The second-order valence-electron chi connectivity index (χ2n) is 32.2. The first-order valence-electron chi connectivity index (χ1n) is 40.9. The van der Waals surface area contributed by atoms with Crippen molar-refractivity contribution in [3.05, 3.63) is 467 Å². The monoisotopic (exact) mass is 1520 g/mol. The van der Waals surface area contributed by atoms with Gasteiger partial charge in [-0.15, -0.1) is 0 Å². The summed E-state index contributed by atoms with van der Waals surface area (Å²) in [6.07, 6.45) is 0. The second kappa shape index (κ2) is 30.4. The van der Waals surface area contributed by atoms with E-state index in [1.165, 1.54) is 102 Å². The lowest BCUT2D eigenvalue weighted by atomic mass is 9.33. The summed E-state index contributed by atoms with van der Waals surface area (Å²) in [6, 6.07) is 176. The standard InChI is InChI=1S/C112H85BN2Si2/c1-112(2,3)92-51-35-48-85(70-92)89-66-68-103-108(76-89)115(106-65-34-32-63-102(106)84-46-21-8-22-47-84)110-78-91(77-109-111(110)113(103)104-75-88(82-42-17-6-18-43-82)67-69-107(104)114(109)105-64-33-31-62-101(105)83-44-19-7-20-45-83)90-73-99(116(93-52-23-9-24-53-93,94-54-25-10-26-55-94)97-60-36-49-86(71-97)80-38-13-4-14-39-80)79-100(74-90)117(95-56-27-11-28-57-95,96-58-29-12-30-59-96)98-61-37-50-87(72-98)81-40-15-5-16-41-81/h4-79H,1-3H3. The van der Waals surface area contributed by atoms with E-state index in [0.717, 1.165) is 73.1 Å². The van der Waals surface area contributed by atoms with E-state index < -0.39 is 16.1 Å². The lowest BCUT2D eigenvalue weighted by Crippen LogP contribution is -2.78. The number of nitrogens with zero attached hydrogens (tertiary/aromatic N) is 2. The fraction of sp³-hybridized carbons (Fsp3) is 0.0357. The molecule has 2 nitrogen and oxygen atoms in total. The lowest BCUT2D eigenvalue weighted by Gasteiger charge is -2.45. The molecule has 0 spiro atoms. The van der Waals surface area contributed by atoms with Crippen molar-refractivity contribution in [3.63, 3.8) is 0 Å². The van der Waals surface area contributed by atoms with Gasteiger partial charge < -0.3 is 9.80 Å². The van der Waals surface area contributed by atoms with Crippen molar-refractivity contribution >= 4 is 115 Å². The Morgan fingerprint density at radius 3 is 0.923 bits per heavy atom. The SMILES string of the molecule is CC(C)(C)c1cccc(-c2ccc3c(c2)N(c2ccccc2-c2ccccc2)c2cc(-c4cc([Si](c5ccccc5)(c5ccccc5)c5cccc(-c6ccccc6)c5)cc([Si](c5ccccc5)(c5ccccc5)c5cccc(-c6ccccc6)c5)c4)cc4c2B3c2cc(-c3ccccc3)ccc2N4c2ccccc2-c2ccccc2)c1. The molecule has 2 aliphatic rings. The van der Waals surface area contributed by atoms with Crippen LogP contribution >= 0.6 is 0 Å². The van der Waals surface area contributed by atoms with Crippen LogP contribution in [0.5, 0.6) is 0 Å². The quantitative estimate of drug-likeness (QED) is 0.0662. The fourth-order valence-electron chi connectivity index (χ4n) is 19.0. The Bertz CT molecular complexity index is 6390. The van der Waals surface area contributed by atoms with Crippen LogP contribution in [0.3, 0.4) is 0 Å². The van der Waals surface area contributed by atoms with Crippen molar-refractivity contribution in [2.75, 3.05) is 9.80 Å². The molecule has 0 saturated heterocycles. The molecule has 18 aromatic rings. The highest BCUT2D eigenvalue weighted by Gasteiger charge is 2.49. The summed E-state index contributed by atoms with van der Waals surface area (Å²) in [6.45, 7) is 6.72. The molecule has 117 heavy (non-hydrogen) atoms. The number of para-hydroxylation sites is 2. The predicted molar refractivity (Wildman–Crippen MR) is 504 cm³/mol. The van der Waals surface area contributed by atoms with Gasteiger partial charge in [-0.2, -0.15) is 0 Å². The van der Waals surface area contributed by atoms with Gasteiger partial charge in [0.2, 0.25) is 0 Å². The topological polar surface area (TPSA) is 6.48 Å². The third kappa shape index (κ3) is 12.8. The number of fused-ring (bicyclic) bond motifs is 4. The van der Waals surface area contributed by atoms with E-state index in [2.05, 4.69) is 492 Å². The molecule has 0 fully saturated rings. The summed E-state index contributed by atoms with van der Waals surface area (Å²) in [4.78, 5) is 5.33. The van der Waals surface area contributed by atoms with E-state index in [9.17, 15) is 0 Å². The molecule has 0 aliphatic carbocycles. The third-order valence-corrected chi connectivity index (χ3v) is 33.9. The van der Waals surface area contributed by atoms with Gasteiger partial charge in [0.25, 0.3) is 6.71 Å². The number of hydrogen-bond acceptors (Lipinski definition) is 2. The van der Waals surface area contributed by atoms with E-state index in [1.54, 1.807) is 0 Å². The Labute approximate surface area is 690 Å². The van der Waals surface area contributed by atoms with Crippen molar-refractivity contribution in [1.29, 1.82) is 0 Å². The molecule has 2 heterocycles. The highest BCUT2D eigenvalue weighted by Crippen LogP contribution is 2.51. The van der Waals surface area contributed by atoms with Gasteiger partial charge in [0.1, 0.15) is 0 Å². The number of hydrogen-bond donors (Lipinski definition) is 0. The molecule has 5 heteroatoms. The second-order valence-corrected chi connectivity index (χ2v) is 39.8. The van der Waals surface area contributed by atoms with Crippen LogP contribution in [-0.4, -0.2) is 22.9 Å². The van der Waals surface area contributed by atoms with Crippen LogP contribution in [0.4, 0.5) is 34.1 Å². The van der Waals surface area contributed by atoms with Crippen molar-refractivity contribution in [1.82, 2.24) is 0 Å². The molecular weight excluding hydrogens is 1440 g/mol. The number of rotatable bonds is 17. The third-order valence-electron chi connectivity index (χ3n) is 24.5. The van der Waals surface area contributed by atoms with Gasteiger partial charge in [0, 0.05) is 33.9 Å². The molecule has 0 radical (unpaired) electrons. The summed E-state index contributed by atoms with van der Waals surface area (Å²) in [5.41, 5.74) is 27.8. The molecule has 0 saturated carbocycles. The number of anilines is 6. The van der Waals surface area contributed by atoms with Crippen LogP contribution in [-0.2, 0) is 5.41 Å². The molecule has 0 amide bonds. The van der Waals surface area contributed by atoms with Crippen molar-refractivity contribution in [2.24, 2.45) is 0 Å². The molecule has 0 atom stereocenters. The van der Waals surface area contributed by atoms with E-state index in [0.29, 0.717) is 0 Å². The average Bonchev–Trinajstić information content (AvgIpc) is 0.691. The van der Waals surface area contributed by atoms with Crippen molar-refractivity contribution in [3.8, 4) is 77.9 Å². The minimum absolute atomic E-state index is 0.0753. The number of benzene rings is 18. The summed E-state index contributed by atoms with van der Waals surface area (Å²) in [5.74, 6) is 0. The smallest absolute Gasteiger partial charge is 0.252 e. The Morgan fingerprint density at radius 2 is 0.496 bits per heavy atom. The molecule has 0 bridgehead atoms. The van der Waals surface area contributed by atoms with Crippen molar-refractivity contribution < 1.29 is 0 Å². The fourth-order valence-corrected chi connectivity index (χ4v) is 28.8. The Kier molecular flexibility index (Phi) is 18.7. The van der Waals surface area contributed by atoms with Crippen LogP contribution in [0, 0.1) is 0 Å². The molecular formula is C112H85BN2Si2. The highest BCUT2D eigenvalue weighted by atomic mass is 28.3. The van der Waals surface area contributed by atoms with Crippen LogP contribution < -0.4 is 67.7 Å². The predicted octanol–water partition coefficient (Wildman–Crippen LogP) is 21.5. The molecule has 0 unspecified atom stereocenters. The van der Waals surface area contributed by atoms with Gasteiger partial charge in [-0.25, -0.2) is 0 Å². The first kappa shape index (κ1) is 72.1. The van der Waals surface area contributed by atoms with Gasteiger partial charge in [0.05, 0.1) is 11.4 Å². The molecule has 0 aromatic heterocycles. The van der Waals surface area contributed by atoms with Gasteiger partial charge >= 0.3 is 0 Å². The highest BCUT2D eigenvalue weighted by molar-refractivity contribution is 7.22. The van der Waals surface area contributed by atoms with E-state index in [1.807, 2.05) is 0 Å². The largest absolute Gasteiger partial charge is 0.311 e. The molecule has 20 rings (SSSR count). The summed E-state index contributed by atoms with van der Waals surface area (Å²) in [5, 5.41) is 10.3. The van der Waals surface area contributed by atoms with Crippen LogP contribution in [0.1, 0.15) is 26.3 Å². The van der Waals surface area contributed by atoms with Gasteiger partial charge in [-0.1, -0.05) is 445 Å². The van der Waals surface area contributed by atoms with Crippen molar-refractivity contribution in [2.45, 2.75) is 26.2 Å². The molecule has 0 N–H and O–H groups in total. The first-order chi connectivity index (χ1) is 57.7. The van der Waals surface area contributed by atoms with Crippen LogP contribution in [0.2, 0.25) is 0 Å². The maximum Gasteiger partial charge on any atom is 0.252 e. The van der Waals surface area contributed by atoms with Gasteiger partial charge in [-0.05, 0) is 172 Å². The Balaban J connectivity index is 0.978. The summed E-state index contributed by atoms with van der Waals surface area (Å²) < 4.78 is 0. The normalized spacial score (nSPS) is 12.4. The van der Waals surface area contributed by atoms with E-state index >= 15 is 0 Å². The van der Waals surface area contributed by atoms with Crippen LogP contribution in [0.15, 0.2) is 461 Å². The minimum Gasteiger partial charge on any atom is -0.311 e.